The molecule has 0 spiro atoms. The zero-order valence-corrected chi connectivity index (χ0v) is 20.9. The number of hydrogen-bond acceptors (Lipinski definition) is 5. The van der Waals surface area contributed by atoms with Crippen LogP contribution in [0.5, 0.6) is 0 Å². The van der Waals surface area contributed by atoms with Gasteiger partial charge in [-0.05, 0) is 50.7 Å². The van der Waals surface area contributed by atoms with E-state index in [1.165, 1.54) is 11.1 Å². The second-order valence-electron chi connectivity index (χ2n) is 8.66. The maximum Gasteiger partial charge on any atom is 0.219 e. The molecule has 3 rings (SSSR count). The molecule has 1 aliphatic carbocycles. The SMILES string of the molecule is COCCCNC(=O)CCCCc1nnc(SCC2=CC(C)=CC(C)C2)n1-c1ccccc1. The van der Waals surface area contributed by atoms with Gasteiger partial charge in [-0.15, -0.1) is 10.2 Å². The number of allylic oxidation sites excluding steroid dienone is 3. The van der Waals surface area contributed by atoms with E-state index in [4.69, 9.17) is 4.74 Å². The minimum absolute atomic E-state index is 0.103. The summed E-state index contributed by atoms with van der Waals surface area (Å²) in [5.74, 6) is 2.56. The van der Waals surface area contributed by atoms with Crippen molar-refractivity contribution < 1.29 is 9.53 Å². The van der Waals surface area contributed by atoms with Gasteiger partial charge in [0, 0.05) is 44.5 Å². The average molecular weight is 469 g/mol. The van der Waals surface area contributed by atoms with Gasteiger partial charge in [-0.2, -0.15) is 0 Å². The first-order valence-electron chi connectivity index (χ1n) is 11.8. The number of thioether (sulfide) groups is 1. The number of aryl methyl sites for hydroxylation is 1. The Bertz CT molecular complexity index is 952. The Morgan fingerprint density at radius 3 is 2.79 bits per heavy atom. The predicted molar refractivity (Wildman–Crippen MR) is 135 cm³/mol. The number of ether oxygens (including phenoxy) is 1. The van der Waals surface area contributed by atoms with Crippen molar-refractivity contribution >= 4 is 17.7 Å². The standard InChI is InChI=1S/C26H36N4O2S/c1-20-16-21(2)18-22(17-20)19-33-26-29-28-24(30(26)23-10-5-4-6-11-23)12-7-8-13-25(31)27-14-9-15-32-3/h4-6,10-11,16-17,21H,7-9,12-15,18-19H2,1-3H3,(H,27,31). The zero-order chi connectivity index (χ0) is 23.5. The third-order valence-corrected chi connectivity index (χ3v) is 6.60. The summed E-state index contributed by atoms with van der Waals surface area (Å²) in [6, 6.07) is 10.3. The molecule has 6 nitrogen and oxygen atoms in total. The zero-order valence-electron chi connectivity index (χ0n) is 20.0. The Balaban J connectivity index is 1.58. The summed E-state index contributed by atoms with van der Waals surface area (Å²) in [6.07, 6.45) is 9.63. The van der Waals surface area contributed by atoms with E-state index in [0.717, 1.165) is 54.5 Å². The maximum absolute atomic E-state index is 12.0. The van der Waals surface area contributed by atoms with Crippen molar-refractivity contribution in [3.05, 3.63) is 59.5 Å². The summed E-state index contributed by atoms with van der Waals surface area (Å²) in [7, 11) is 1.67. The van der Waals surface area contributed by atoms with Crippen LogP contribution >= 0.6 is 11.8 Å². The monoisotopic (exact) mass is 468 g/mol. The number of amides is 1. The van der Waals surface area contributed by atoms with Crippen LogP contribution in [0.1, 0.15) is 51.8 Å². The second-order valence-corrected chi connectivity index (χ2v) is 9.60. The van der Waals surface area contributed by atoms with Crippen molar-refractivity contribution in [2.75, 3.05) is 26.0 Å². The molecule has 1 aromatic heterocycles. The first-order valence-corrected chi connectivity index (χ1v) is 12.8. The minimum Gasteiger partial charge on any atom is -0.385 e. The molecule has 33 heavy (non-hydrogen) atoms. The Kier molecular flexibility index (Phi) is 10.2. The Morgan fingerprint density at radius 1 is 1.21 bits per heavy atom. The largest absolute Gasteiger partial charge is 0.385 e. The van der Waals surface area contributed by atoms with E-state index in [-0.39, 0.29) is 5.91 Å². The molecule has 1 atom stereocenters. The molecule has 1 heterocycles. The highest BCUT2D eigenvalue weighted by Gasteiger charge is 2.16. The highest BCUT2D eigenvalue weighted by molar-refractivity contribution is 7.99. The second kappa shape index (κ2) is 13.4. The van der Waals surface area contributed by atoms with Crippen LogP contribution in [0.25, 0.3) is 5.69 Å². The average Bonchev–Trinajstić information content (AvgIpc) is 3.21. The molecule has 178 valence electrons. The van der Waals surface area contributed by atoms with Crippen molar-refractivity contribution in [3.63, 3.8) is 0 Å². The first kappa shape index (κ1) is 25.2. The fraction of sp³-hybridized carbons (Fsp3) is 0.500. The number of carbonyl (C=O) groups excluding carboxylic acids is 1. The molecule has 1 aliphatic rings. The lowest BCUT2D eigenvalue weighted by atomic mass is 9.93. The van der Waals surface area contributed by atoms with Crippen molar-refractivity contribution in [3.8, 4) is 5.69 Å². The van der Waals surface area contributed by atoms with E-state index in [2.05, 4.69) is 58.2 Å². The lowest BCUT2D eigenvalue weighted by molar-refractivity contribution is -0.121. The first-order chi connectivity index (χ1) is 16.1. The fourth-order valence-corrected chi connectivity index (χ4v) is 5.06. The number of carbonyl (C=O) groups is 1. The van der Waals surface area contributed by atoms with E-state index in [9.17, 15) is 4.79 Å². The minimum atomic E-state index is 0.103. The lowest BCUT2D eigenvalue weighted by Gasteiger charge is -2.17. The van der Waals surface area contributed by atoms with Gasteiger partial charge in [0.1, 0.15) is 5.82 Å². The van der Waals surface area contributed by atoms with Crippen LogP contribution in [0.15, 0.2) is 58.8 Å². The number of nitrogens with one attached hydrogen (secondary N) is 1. The number of para-hydroxylation sites is 1. The van der Waals surface area contributed by atoms with Crippen molar-refractivity contribution in [1.29, 1.82) is 0 Å². The molecular weight excluding hydrogens is 432 g/mol. The number of nitrogens with zero attached hydrogens (tertiary/aromatic N) is 3. The van der Waals surface area contributed by atoms with Gasteiger partial charge in [0.2, 0.25) is 5.91 Å². The van der Waals surface area contributed by atoms with E-state index < -0.39 is 0 Å². The summed E-state index contributed by atoms with van der Waals surface area (Å²) in [5, 5.41) is 12.9. The van der Waals surface area contributed by atoms with Crippen LogP contribution in [0.3, 0.4) is 0 Å². The molecule has 1 N–H and O–H groups in total. The molecule has 0 fully saturated rings. The number of benzene rings is 1. The van der Waals surface area contributed by atoms with Crippen LogP contribution in [0.4, 0.5) is 0 Å². The van der Waals surface area contributed by atoms with Gasteiger partial charge in [0.15, 0.2) is 5.16 Å². The highest BCUT2D eigenvalue weighted by Crippen LogP contribution is 2.29. The molecule has 1 aromatic carbocycles. The summed E-state index contributed by atoms with van der Waals surface area (Å²) in [5.41, 5.74) is 3.88. The molecule has 1 amide bonds. The van der Waals surface area contributed by atoms with Crippen LogP contribution in [0.2, 0.25) is 0 Å². The van der Waals surface area contributed by atoms with Gasteiger partial charge in [-0.3, -0.25) is 9.36 Å². The maximum atomic E-state index is 12.0. The van der Waals surface area contributed by atoms with Crippen molar-refractivity contribution in [2.45, 2.75) is 57.5 Å². The molecular formula is C26H36N4O2S. The van der Waals surface area contributed by atoms with Crippen LogP contribution in [-0.2, 0) is 16.0 Å². The lowest BCUT2D eigenvalue weighted by Crippen LogP contribution is -2.24. The summed E-state index contributed by atoms with van der Waals surface area (Å²) in [4.78, 5) is 12.0. The van der Waals surface area contributed by atoms with Gasteiger partial charge in [0.05, 0.1) is 0 Å². The number of methoxy groups -OCH3 is 1. The predicted octanol–water partition coefficient (Wildman–Crippen LogP) is 5.14. The van der Waals surface area contributed by atoms with E-state index in [1.807, 2.05) is 18.2 Å². The third-order valence-electron chi connectivity index (χ3n) is 5.57. The smallest absolute Gasteiger partial charge is 0.219 e. The molecule has 0 radical (unpaired) electrons. The Labute approximate surface area is 201 Å². The molecule has 1 unspecified atom stereocenters. The van der Waals surface area contributed by atoms with E-state index in [1.54, 1.807) is 18.9 Å². The van der Waals surface area contributed by atoms with Crippen LogP contribution in [0, 0.1) is 5.92 Å². The summed E-state index contributed by atoms with van der Waals surface area (Å²) >= 11 is 1.75. The fourth-order valence-electron chi connectivity index (χ4n) is 4.10. The van der Waals surface area contributed by atoms with Gasteiger partial charge in [0.25, 0.3) is 0 Å². The summed E-state index contributed by atoms with van der Waals surface area (Å²) in [6.45, 7) is 5.78. The number of unbranched alkanes of at least 4 members (excludes halogenated alkanes) is 1. The van der Waals surface area contributed by atoms with E-state index in [0.29, 0.717) is 25.5 Å². The molecule has 0 aliphatic heterocycles. The molecule has 7 heteroatoms. The Hall–Kier alpha value is -2.38. The molecule has 0 bridgehead atoms. The van der Waals surface area contributed by atoms with Gasteiger partial charge in [-0.25, -0.2) is 0 Å². The van der Waals surface area contributed by atoms with E-state index >= 15 is 0 Å². The number of hydrogen-bond donors (Lipinski definition) is 1. The molecule has 0 saturated carbocycles. The van der Waals surface area contributed by atoms with Crippen molar-refractivity contribution in [1.82, 2.24) is 20.1 Å². The Morgan fingerprint density at radius 2 is 2.03 bits per heavy atom. The number of aromatic nitrogens is 3. The normalized spacial score (nSPS) is 15.8. The van der Waals surface area contributed by atoms with Gasteiger partial charge >= 0.3 is 0 Å². The quantitative estimate of drug-likeness (QED) is 0.326. The third kappa shape index (κ3) is 8.16. The number of rotatable bonds is 13. The van der Waals surface area contributed by atoms with Crippen LogP contribution < -0.4 is 5.32 Å². The molecule has 2 aromatic rings. The molecule has 0 saturated heterocycles. The van der Waals surface area contributed by atoms with Crippen LogP contribution in [-0.4, -0.2) is 46.7 Å². The van der Waals surface area contributed by atoms with Crippen molar-refractivity contribution in [2.24, 2.45) is 5.92 Å². The highest BCUT2D eigenvalue weighted by atomic mass is 32.2. The topological polar surface area (TPSA) is 69.0 Å². The van der Waals surface area contributed by atoms with Gasteiger partial charge < -0.3 is 10.1 Å². The van der Waals surface area contributed by atoms with Gasteiger partial charge in [-0.1, -0.05) is 60.2 Å². The summed E-state index contributed by atoms with van der Waals surface area (Å²) < 4.78 is 7.18.